The Hall–Kier alpha value is -1.94. The monoisotopic (exact) mass is 230 g/mol. The Morgan fingerprint density at radius 1 is 1.41 bits per heavy atom. The molecular weight excluding hydrogens is 214 g/mol. The molecule has 1 aromatic heterocycles. The molecule has 0 bridgehead atoms. The maximum Gasteiger partial charge on any atom is 0.243 e. The maximum absolute atomic E-state index is 12.1. The highest BCUT2D eigenvalue weighted by atomic mass is 16.1. The van der Waals surface area contributed by atoms with Gasteiger partial charge in [-0.15, -0.1) is 0 Å². The van der Waals surface area contributed by atoms with E-state index in [0.29, 0.717) is 18.7 Å². The van der Waals surface area contributed by atoms with Crippen molar-refractivity contribution >= 4 is 5.78 Å². The van der Waals surface area contributed by atoms with Gasteiger partial charge in [0.25, 0.3) is 0 Å². The normalized spacial score (nSPS) is 10.5. The van der Waals surface area contributed by atoms with Crippen LogP contribution in [0.1, 0.15) is 15.9 Å². The molecule has 1 aromatic carbocycles. The summed E-state index contributed by atoms with van der Waals surface area (Å²) in [6.07, 6.45) is 5.66. The highest BCUT2D eigenvalue weighted by Gasteiger charge is 2.13. The van der Waals surface area contributed by atoms with Gasteiger partial charge in [-0.3, -0.25) is 4.79 Å². The summed E-state index contributed by atoms with van der Waals surface area (Å²) >= 11 is 0. The molecule has 0 atom stereocenters. The Morgan fingerprint density at radius 3 is 2.82 bits per heavy atom. The molecule has 0 saturated carbocycles. The fraction of sp³-hybridized carbons (Fsp3) is 0.231. The van der Waals surface area contributed by atoms with E-state index in [9.17, 15) is 4.79 Å². The molecule has 4 nitrogen and oxygen atoms in total. The summed E-state index contributed by atoms with van der Waals surface area (Å²) in [6.45, 7) is 0.735. The molecule has 0 unspecified atom stereocenters. The molecule has 2 N–H and O–H groups in total. The van der Waals surface area contributed by atoms with Crippen molar-refractivity contribution < 1.29 is 9.36 Å². The Balaban J connectivity index is 2.20. The van der Waals surface area contributed by atoms with E-state index in [2.05, 4.69) is 0 Å². The SMILES string of the molecule is C[n+]1ccn(CC(=O)c2ccccc2CN)c1. The first-order chi connectivity index (χ1) is 8.20. The molecule has 1 heterocycles. The van der Waals surface area contributed by atoms with E-state index in [-0.39, 0.29) is 5.78 Å². The van der Waals surface area contributed by atoms with Crippen molar-refractivity contribution in [3.63, 3.8) is 0 Å². The third kappa shape index (κ3) is 2.60. The van der Waals surface area contributed by atoms with E-state index in [1.54, 1.807) is 0 Å². The van der Waals surface area contributed by atoms with Crippen LogP contribution in [0.4, 0.5) is 0 Å². The Kier molecular flexibility index (Phi) is 3.35. The van der Waals surface area contributed by atoms with Crippen LogP contribution >= 0.6 is 0 Å². The third-order valence-electron chi connectivity index (χ3n) is 2.69. The number of carbonyl (C=O) groups is 1. The minimum absolute atomic E-state index is 0.0854. The number of hydrogen-bond donors (Lipinski definition) is 1. The standard InChI is InChI=1S/C13H16N3O/c1-15-6-7-16(10-15)9-13(17)12-5-3-2-4-11(12)8-14/h2-7,10H,8-9,14H2,1H3/q+1. The van der Waals surface area contributed by atoms with Gasteiger partial charge >= 0.3 is 0 Å². The van der Waals surface area contributed by atoms with Crippen molar-refractivity contribution in [3.05, 3.63) is 54.1 Å². The second-order valence-electron chi connectivity index (χ2n) is 4.04. The van der Waals surface area contributed by atoms with Gasteiger partial charge in [0.1, 0.15) is 12.4 Å². The van der Waals surface area contributed by atoms with Crippen molar-refractivity contribution in [2.45, 2.75) is 13.1 Å². The van der Waals surface area contributed by atoms with Crippen LogP contribution in [0, 0.1) is 0 Å². The van der Waals surface area contributed by atoms with Gasteiger partial charge in [0.2, 0.25) is 12.1 Å². The summed E-state index contributed by atoms with van der Waals surface area (Å²) in [7, 11) is 1.93. The number of ketones is 1. The van der Waals surface area contributed by atoms with Gasteiger partial charge in [0.15, 0.2) is 6.54 Å². The van der Waals surface area contributed by atoms with E-state index < -0.39 is 0 Å². The average molecular weight is 230 g/mol. The van der Waals surface area contributed by atoms with Crippen molar-refractivity contribution in [3.8, 4) is 0 Å². The van der Waals surface area contributed by atoms with E-state index in [4.69, 9.17) is 5.73 Å². The first-order valence-corrected chi connectivity index (χ1v) is 5.53. The van der Waals surface area contributed by atoms with E-state index in [1.165, 1.54) is 0 Å². The first kappa shape index (κ1) is 11.5. The molecule has 2 rings (SSSR count). The molecule has 17 heavy (non-hydrogen) atoms. The second kappa shape index (κ2) is 4.93. The number of rotatable bonds is 4. The molecule has 0 aliphatic rings. The fourth-order valence-electron chi connectivity index (χ4n) is 1.82. The van der Waals surface area contributed by atoms with E-state index >= 15 is 0 Å². The van der Waals surface area contributed by atoms with Crippen molar-refractivity contribution in [1.82, 2.24) is 4.57 Å². The van der Waals surface area contributed by atoms with Crippen molar-refractivity contribution in [2.75, 3.05) is 0 Å². The van der Waals surface area contributed by atoms with E-state index in [1.807, 2.05) is 59.2 Å². The number of nitrogens with two attached hydrogens (primary N) is 1. The van der Waals surface area contributed by atoms with Crippen LogP contribution in [0.15, 0.2) is 43.0 Å². The van der Waals surface area contributed by atoms with Crippen LogP contribution in [-0.4, -0.2) is 10.4 Å². The number of carbonyl (C=O) groups excluding carboxylic acids is 1. The van der Waals surface area contributed by atoms with Gasteiger partial charge in [-0.2, -0.15) is 0 Å². The molecule has 0 radical (unpaired) electrons. The van der Waals surface area contributed by atoms with Crippen LogP contribution in [0.2, 0.25) is 0 Å². The Labute approximate surface area is 100 Å². The quantitative estimate of drug-likeness (QED) is 0.619. The fourth-order valence-corrected chi connectivity index (χ4v) is 1.82. The Bertz CT molecular complexity index is 531. The topological polar surface area (TPSA) is 51.9 Å². The predicted molar refractivity (Wildman–Crippen MR) is 64.3 cm³/mol. The average Bonchev–Trinajstić information content (AvgIpc) is 2.74. The smallest absolute Gasteiger partial charge is 0.243 e. The number of hydrogen-bond acceptors (Lipinski definition) is 2. The minimum atomic E-state index is 0.0854. The number of Topliss-reactive ketones (excluding diaryl/α,β-unsaturated/α-hetero) is 1. The van der Waals surface area contributed by atoms with Gasteiger partial charge < -0.3 is 5.73 Å². The maximum atomic E-state index is 12.1. The zero-order valence-electron chi connectivity index (χ0n) is 9.84. The lowest BCUT2D eigenvalue weighted by molar-refractivity contribution is -0.671. The molecule has 0 fully saturated rings. The lowest BCUT2D eigenvalue weighted by Gasteiger charge is -2.04. The molecule has 2 aromatic rings. The van der Waals surface area contributed by atoms with Gasteiger partial charge in [-0.1, -0.05) is 24.3 Å². The number of benzene rings is 1. The van der Waals surface area contributed by atoms with Crippen LogP contribution in [0.5, 0.6) is 0 Å². The second-order valence-corrected chi connectivity index (χ2v) is 4.04. The summed E-state index contributed by atoms with van der Waals surface area (Å²) in [5.41, 5.74) is 7.23. The van der Waals surface area contributed by atoms with Gasteiger partial charge in [0.05, 0.1) is 7.05 Å². The van der Waals surface area contributed by atoms with Gasteiger partial charge in [-0.05, 0) is 5.56 Å². The highest BCUT2D eigenvalue weighted by molar-refractivity contribution is 5.97. The number of imidazole rings is 1. The highest BCUT2D eigenvalue weighted by Crippen LogP contribution is 2.09. The minimum Gasteiger partial charge on any atom is -0.326 e. The lowest BCUT2D eigenvalue weighted by atomic mass is 10.0. The van der Waals surface area contributed by atoms with Crippen LogP contribution in [-0.2, 0) is 20.1 Å². The van der Waals surface area contributed by atoms with E-state index in [0.717, 1.165) is 5.56 Å². The summed E-state index contributed by atoms with van der Waals surface area (Å²) in [5.74, 6) is 0.0854. The summed E-state index contributed by atoms with van der Waals surface area (Å²) in [4.78, 5) is 12.1. The third-order valence-corrected chi connectivity index (χ3v) is 2.69. The van der Waals surface area contributed by atoms with Crippen LogP contribution in [0.3, 0.4) is 0 Å². The van der Waals surface area contributed by atoms with Crippen LogP contribution in [0.25, 0.3) is 0 Å². The zero-order chi connectivity index (χ0) is 12.3. The molecule has 0 aliphatic heterocycles. The molecule has 0 aliphatic carbocycles. The largest absolute Gasteiger partial charge is 0.326 e. The van der Waals surface area contributed by atoms with Crippen molar-refractivity contribution in [1.29, 1.82) is 0 Å². The van der Waals surface area contributed by atoms with Gasteiger partial charge in [0, 0.05) is 12.1 Å². The molecule has 88 valence electrons. The lowest BCUT2D eigenvalue weighted by Crippen LogP contribution is -2.24. The summed E-state index contributed by atoms with van der Waals surface area (Å²) < 4.78 is 3.76. The molecule has 4 heteroatoms. The number of nitrogens with zero attached hydrogens (tertiary/aromatic N) is 2. The predicted octanol–water partition coefficient (Wildman–Crippen LogP) is 0.654. The van der Waals surface area contributed by atoms with Crippen LogP contribution < -0.4 is 10.3 Å². The molecule has 0 saturated heterocycles. The Morgan fingerprint density at radius 2 is 2.18 bits per heavy atom. The van der Waals surface area contributed by atoms with Crippen molar-refractivity contribution in [2.24, 2.45) is 12.8 Å². The summed E-state index contributed by atoms with van der Waals surface area (Å²) in [6, 6.07) is 7.48. The number of aryl methyl sites for hydroxylation is 1. The summed E-state index contributed by atoms with van der Waals surface area (Å²) in [5, 5.41) is 0. The zero-order valence-corrected chi connectivity index (χ0v) is 9.84. The molecule has 0 spiro atoms. The van der Waals surface area contributed by atoms with Gasteiger partial charge in [-0.25, -0.2) is 9.13 Å². The molecular formula is C13H16N3O+. The first-order valence-electron chi connectivity index (χ1n) is 5.53. The number of aromatic nitrogens is 2. The molecule has 0 amide bonds.